The maximum absolute atomic E-state index is 12.3. The molecule has 0 saturated carbocycles. The average Bonchev–Trinajstić information content (AvgIpc) is 2.91. The lowest BCUT2D eigenvalue weighted by molar-refractivity contribution is -0.116. The second kappa shape index (κ2) is 7.46. The van der Waals surface area contributed by atoms with Crippen molar-refractivity contribution < 1.29 is 4.79 Å². The summed E-state index contributed by atoms with van der Waals surface area (Å²) < 4.78 is 2.68. The Hall–Kier alpha value is -2.40. The third-order valence-electron chi connectivity index (χ3n) is 4.63. The van der Waals surface area contributed by atoms with Crippen molar-refractivity contribution in [1.82, 2.24) is 4.57 Å². The molecule has 0 unspecified atom stereocenters. The van der Waals surface area contributed by atoms with Crippen LogP contribution in [-0.2, 0) is 11.2 Å². The molecule has 26 heavy (non-hydrogen) atoms. The van der Waals surface area contributed by atoms with Crippen molar-refractivity contribution in [2.45, 2.75) is 46.6 Å². The molecule has 0 aliphatic carbocycles. The Morgan fingerprint density at radius 1 is 1.12 bits per heavy atom. The summed E-state index contributed by atoms with van der Waals surface area (Å²) in [6, 6.07) is 12.1. The van der Waals surface area contributed by atoms with Crippen LogP contribution in [-0.4, -0.2) is 10.5 Å². The van der Waals surface area contributed by atoms with Crippen LogP contribution in [0.1, 0.15) is 43.0 Å². The topological polar surface area (TPSA) is 51.1 Å². The minimum Gasteiger partial charge on any atom is -0.326 e. The minimum atomic E-state index is -0.0155. The van der Waals surface area contributed by atoms with Crippen molar-refractivity contribution in [2.75, 3.05) is 5.32 Å². The van der Waals surface area contributed by atoms with Gasteiger partial charge in [0, 0.05) is 18.2 Å². The lowest BCUT2D eigenvalue weighted by atomic mass is 10.0. The Morgan fingerprint density at radius 3 is 2.58 bits per heavy atom. The van der Waals surface area contributed by atoms with Gasteiger partial charge in [-0.2, -0.15) is 0 Å². The molecule has 1 heterocycles. The molecule has 0 fully saturated rings. The number of nitrogens with one attached hydrogen (secondary N) is 1. The van der Waals surface area contributed by atoms with Gasteiger partial charge in [-0.3, -0.25) is 14.2 Å². The second-order valence-electron chi connectivity index (χ2n) is 6.98. The third-order valence-corrected chi connectivity index (χ3v) is 5.54. The number of aromatic nitrogens is 1. The molecule has 0 aliphatic rings. The minimum absolute atomic E-state index is 0.0155. The highest BCUT2D eigenvalue weighted by molar-refractivity contribution is 7.16. The highest BCUT2D eigenvalue weighted by atomic mass is 32.1. The molecule has 2 aromatic carbocycles. The van der Waals surface area contributed by atoms with Gasteiger partial charge < -0.3 is 5.32 Å². The summed E-state index contributed by atoms with van der Waals surface area (Å²) >= 11 is 1.22. The van der Waals surface area contributed by atoms with Gasteiger partial charge >= 0.3 is 4.87 Å². The van der Waals surface area contributed by atoms with Crippen LogP contribution in [0.25, 0.3) is 10.2 Å². The summed E-state index contributed by atoms with van der Waals surface area (Å²) in [6.45, 7) is 8.16. The molecule has 5 heteroatoms. The molecule has 0 radical (unpaired) electrons. The number of carbonyl (C=O) groups is 1. The molecule has 1 N–H and O–H groups in total. The van der Waals surface area contributed by atoms with E-state index in [4.69, 9.17) is 0 Å². The van der Waals surface area contributed by atoms with Crippen molar-refractivity contribution in [3.8, 4) is 0 Å². The largest absolute Gasteiger partial charge is 0.326 e. The first-order valence-corrected chi connectivity index (χ1v) is 9.68. The number of thiazole rings is 1. The molecule has 0 saturated heterocycles. The third kappa shape index (κ3) is 3.88. The van der Waals surface area contributed by atoms with Gasteiger partial charge in [-0.15, -0.1) is 0 Å². The summed E-state index contributed by atoms with van der Waals surface area (Å²) in [7, 11) is 0. The molecule has 136 valence electrons. The van der Waals surface area contributed by atoms with Crippen LogP contribution in [0.5, 0.6) is 0 Å². The van der Waals surface area contributed by atoms with Crippen molar-refractivity contribution in [2.24, 2.45) is 0 Å². The Balaban J connectivity index is 1.69. The summed E-state index contributed by atoms with van der Waals surface area (Å²) in [5.41, 5.74) is 5.34. The Kier molecular flexibility index (Phi) is 5.28. The second-order valence-corrected chi connectivity index (χ2v) is 7.97. The van der Waals surface area contributed by atoms with Crippen LogP contribution < -0.4 is 10.2 Å². The molecule has 1 amide bonds. The van der Waals surface area contributed by atoms with Crippen LogP contribution in [0.15, 0.2) is 41.2 Å². The molecule has 0 spiro atoms. The molecular formula is C21H24N2O2S. The van der Waals surface area contributed by atoms with E-state index in [1.807, 2.05) is 32.0 Å². The number of aryl methyl sites for hydroxylation is 3. The number of nitrogens with zero attached hydrogens (tertiary/aromatic N) is 1. The molecule has 0 aliphatic heterocycles. The van der Waals surface area contributed by atoms with E-state index >= 15 is 0 Å². The fourth-order valence-electron chi connectivity index (χ4n) is 3.04. The van der Waals surface area contributed by atoms with E-state index in [-0.39, 0.29) is 16.8 Å². The molecule has 0 atom stereocenters. The highest BCUT2D eigenvalue weighted by Gasteiger charge is 2.11. The normalized spacial score (nSPS) is 11.3. The first kappa shape index (κ1) is 18.4. The average molecular weight is 369 g/mol. The van der Waals surface area contributed by atoms with E-state index in [2.05, 4.69) is 37.4 Å². The zero-order valence-corrected chi connectivity index (χ0v) is 16.4. The first-order valence-electron chi connectivity index (χ1n) is 8.86. The number of hydrogen-bond donors (Lipinski definition) is 1. The molecule has 3 aromatic rings. The van der Waals surface area contributed by atoms with E-state index in [1.54, 1.807) is 4.57 Å². The summed E-state index contributed by atoms with van der Waals surface area (Å²) in [5, 5.41) is 2.94. The van der Waals surface area contributed by atoms with Crippen molar-refractivity contribution in [1.29, 1.82) is 0 Å². The van der Waals surface area contributed by atoms with Gasteiger partial charge in [-0.25, -0.2) is 0 Å². The van der Waals surface area contributed by atoms with Crippen LogP contribution >= 0.6 is 11.3 Å². The van der Waals surface area contributed by atoms with Crippen LogP contribution in [0.2, 0.25) is 0 Å². The maximum Gasteiger partial charge on any atom is 0.308 e. The number of rotatable bonds is 5. The summed E-state index contributed by atoms with van der Waals surface area (Å²) in [6.07, 6.45) is 1.15. The van der Waals surface area contributed by atoms with E-state index < -0.39 is 0 Å². The number of benzene rings is 2. The fraction of sp³-hybridized carbons (Fsp3) is 0.333. The van der Waals surface area contributed by atoms with Crippen molar-refractivity contribution in [3.63, 3.8) is 0 Å². The zero-order chi connectivity index (χ0) is 18.8. The zero-order valence-electron chi connectivity index (χ0n) is 15.6. The number of carbonyl (C=O) groups excluding carboxylic acids is 1. The number of fused-ring (bicyclic) bond motifs is 1. The van der Waals surface area contributed by atoms with Gasteiger partial charge in [0.05, 0.1) is 10.2 Å². The van der Waals surface area contributed by atoms with E-state index in [0.717, 1.165) is 15.9 Å². The smallest absolute Gasteiger partial charge is 0.308 e. The van der Waals surface area contributed by atoms with Gasteiger partial charge in [-0.05, 0) is 69.0 Å². The number of anilines is 1. The van der Waals surface area contributed by atoms with E-state index in [9.17, 15) is 9.59 Å². The maximum atomic E-state index is 12.3. The van der Waals surface area contributed by atoms with Gasteiger partial charge in [0.1, 0.15) is 0 Å². The summed E-state index contributed by atoms with van der Waals surface area (Å²) in [4.78, 5) is 24.4. The monoisotopic (exact) mass is 368 g/mol. The summed E-state index contributed by atoms with van der Waals surface area (Å²) in [5.74, 6) is -0.0155. The molecule has 0 bridgehead atoms. The SMILES string of the molecule is Cc1ccc(CCC(=O)Nc2ccc3c(c2)sc(=O)n3C(C)C)cc1C. The quantitative estimate of drug-likeness (QED) is 0.701. The first-order chi connectivity index (χ1) is 12.3. The van der Waals surface area contributed by atoms with Gasteiger partial charge in [0.15, 0.2) is 0 Å². The number of hydrogen-bond acceptors (Lipinski definition) is 3. The Bertz CT molecular complexity index is 1010. The standard InChI is InChI=1S/C21H24N2O2S/c1-13(2)23-18-9-8-17(12-19(18)26-21(23)25)22-20(24)10-7-16-6-5-14(3)15(4)11-16/h5-6,8-9,11-13H,7,10H2,1-4H3,(H,22,24). The molecular weight excluding hydrogens is 344 g/mol. The Labute approximate surface area is 157 Å². The van der Waals surface area contributed by atoms with Crippen molar-refractivity contribution in [3.05, 3.63) is 62.8 Å². The fourth-order valence-corrected chi connectivity index (χ4v) is 4.10. The number of amides is 1. The van der Waals surface area contributed by atoms with Crippen LogP contribution in [0, 0.1) is 13.8 Å². The lowest BCUT2D eigenvalue weighted by Crippen LogP contribution is -2.14. The van der Waals surface area contributed by atoms with Crippen LogP contribution in [0.3, 0.4) is 0 Å². The Morgan fingerprint density at radius 2 is 1.88 bits per heavy atom. The molecule has 3 rings (SSSR count). The predicted molar refractivity (Wildman–Crippen MR) is 109 cm³/mol. The lowest BCUT2D eigenvalue weighted by Gasteiger charge is -2.09. The van der Waals surface area contributed by atoms with Gasteiger partial charge in [0.2, 0.25) is 5.91 Å². The van der Waals surface area contributed by atoms with Crippen molar-refractivity contribution >= 4 is 33.1 Å². The predicted octanol–water partition coefficient (Wildman–Crippen LogP) is 4.83. The molecule has 1 aromatic heterocycles. The van der Waals surface area contributed by atoms with Gasteiger partial charge in [-0.1, -0.05) is 29.5 Å². The van der Waals surface area contributed by atoms with E-state index in [0.29, 0.717) is 12.8 Å². The van der Waals surface area contributed by atoms with Crippen LogP contribution in [0.4, 0.5) is 5.69 Å². The van der Waals surface area contributed by atoms with Gasteiger partial charge in [0.25, 0.3) is 0 Å². The highest BCUT2D eigenvalue weighted by Crippen LogP contribution is 2.24. The van der Waals surface area contributed by atoms with E-state index in [1.165, 1.54) is 28.0 Å². The molecule has 4 nitrogen and oxygen atoms in total.